The van der Waals surface area contributed by atoms with E-state index in [9.17, 15) is 8.42 Å². The minimum absolute atomic E-state index is 0.0963. The average Bonchev–Trinajstić information content (AvgIpc) is 3.24. The molecule has 2 aromatic carbocycles. The quantitative estimate of drug-likeness (QED) is 0.293. The molecule has 0 saturated carbocycles. The van der Waals surface area contributed by atoms with Crippen molar-refractivity contribution in [2.45, 2.75) is 25.0 Å². The van der Waals surface area contributed by atoms with Gasteiger partial charge in [-0.3, -0.25) is 0 Å². The first-order valence-corrected chi connectivity index (χ1v) is 13.1. The van der Waals surface area contributed by atoms with Gasteiger partial charge in [-0.2, -0.15) is 0 Å². The first kappa shape index (κ1) is 22.4. The number of aromatic nitrogens is 4. The van der Waals surface area contributed by atoms with E-state index in [0.717, 1.165) is 38.7 Å². The molecule has 0 amide bonds. The van der Waals surface area contributed by atoms with E-state index in [-0.39, 0.29) is 5.75 Å². The Morgan fingerprint density at radius 2 is 1.78 bits per heavy atom. The van der Waals surface area contributed by atoms with Crippen LogP contribution in [0.15, 0.2) is 65.8 Å². The summed E-state index contributed by atoms with van der Waals surface area (Å²) in [6, 6.07) is 20.2. The van der Waals surface area contributed by atoms with Crippen LogP contribution in [0.1, 0.15) is 13.3 Å². The molecule has 0 unspecified atom stereocenters. The third kappa shape index (κ3) is 4.85. The number of benzene rings is 2. The molecule has 0 aliphatic heterocycles. The van der Waals surface area contributed by atoms with Crippen LogP contribution in [0.5, 0.6) is 0 Å². The summed E-state index contributed by atoms with van der Waals surface area (Å²) in [6.07, 6.45) is 0.538. The van der Waals surface area contributed by atoms with E-state index < -0.39 is 10.0 Å². The van der Waals surface area contributed by atoms with Gasteiger partial charge in [0.05, 0.1) is 17.0 Å². The molecule has 0 atom stereocenters. The molecule has 4 aromatic rings. The Morgan fingerprint density at radius 1 is 1.03 bits per heavy atom. The summed E-state index contributed by atoms with van der Waals surface area (Å²) in [5.41, 5.74) is 3.81. The van der Waals surface area contributed by atoms with Crippen LogP contribution in [0.4, 0.5) is 0 Å². The highest BCUT2D eigenvalue weighted by atomic mass is 32.2. The standard InChI is InChI=1S/C23H25N5O2S2/c1-3-28-22(26-27-23(28)31-14-9-15-32(29,30)24-2)19-16-21(17-10-5-4-6-11-17)25-20-13-8-7-12-18(19)20/h4-8,10-13,16,24H,3,9,14-15H2,1-2H3. The van der Waals surface area contributed by atoms with Crippen molar-refractivity contribution in [3.05, 3.63) is 60.7 Å². The summed E-state index contributed by atoms with van der Waals surface area (Å²) in [7, 11) is -1.76. The smallest absolute Gasteiger partial charge is 0.211 e. The number of fused-ring (bicyclic) bond motifs is 1. The highest BCUT2D eigenvalue weighted by Gasteiger charge is 2.18. The van der Waals surface area contributed by atoms with Crippen molar-refractivity contribution in [2.24, 2.45) is 0 Å². The van der Waals surface area contributed by atoms with Gasteiger partial charge in [-0.05, 0) is 32.5 Å². The van der Waals surface area contributed by atoms with Crippen LogP contribution >= 0.6 is 11.8 Å². The second kappa shape index (κ2) is 9.81. The second-order valence-electron chi connectivity index (χ2n) is 7.21. The summed E-state index contributed by atoms with van der Waals surface area (Å²) < 4.78 is 27.7. The number of pyridine rings is 1. The maximum Gasteiger partial charge on any atom is 0.211 e. The molecule has 32 heavy (non-hydrogen) atoms. The number of hydrogen-bond acceptors (Lipinski definition) is 6. The predicted octanol–water partition coefficient (Wildman–Crippen LogP) is 4.21. The van der Waals surface area contributed by atoms with Crippen molar-refractivity contribution >= 4 is 32.7 Å². The molecule has 9 heteroatoms. The number of nitrogens with zero attached hydrogens (tertiary/aromatic N) is 4. The summed E-state index contributed by atoms with van der Waals surface area (Å²) in [5, 5.41) is 10.7. The van der Waals surface area contributed by atoms with Gasteiger partial charge in [0.25, 0.3) is 0 Å². The summed E-state index contributed by atoms with van der Waals surface area (Å²) >= 11 is 1.53. The molecule has 166 valence electrons. The summed E-state index contributed by atoms with van der Waals surface area (Å²) in [5.74, 6) is 1.53. The normalized spacial score (nSPS) is 11.8. The van der Waals surface area contributed by atoms with Crippen molar-refractivity contribution in [1.29, 1.82) is 0 Å². The van der Waals surface area contributed by atoms with Crippen LogP contribution in [-0.4, -0.2) is 46.7 Å². The zero-order valence-electron chi connectivity index (χ0n) is 18.0. The molecule has 0 saturated heterocycles. The lowest BCUT2D eigenvalue weighted by Gasteiger charge is -2.12. The summed E-state index contributed by atoms with van der Waals surface area (Å²) in [4.78, 5) is 4.86. The molecule has 0 spiro atoms. The average molecular weight is 468 g/mol. The Bertz CT molecular complexity index is 1320. The number of para-hydroxylation sites is 1. The van der Waals surface area contributed by atoms with Gasteiger partial charge >= 0.3 is 0 Å². The highest BCUT2D eigenvalue weighted by Crippen LogP contribution is 2.33. The molecule has 0 radical (unpaired) electrons. The van der Waals surface area contributed by atoms with Gasteiger partial charge in [-0.25, -0.2) is 18.1 Å². The van der Waals surface area contributed by atoms with Gasteiger partial charge in [-0.15, -0.1) is 10.2 Å². The SMILES string of the molecule is CCn1c(SCCCS(=O)(=O)NC)nnc1-c1cc(-c2ccccc2)nc2ccccc12. The van der Waals surface area contributed by atoms with E-state index in [2.05, 4.69) is 38.5 Å². The lowest BCUT2D eigenvalue weighted by molar-refractivity contribution is 0.587. The molecular formula is C23H25N5O2S2. The number of hydrogen-bond donors (Lipinski definition) is 1. The van der Waals surface area contributed by atoms with E-state index in [1.54, 1.807) is 0 Å². The molecular weight excluding hydrogens is 442 g/mol. The van der Waals surface area contributed by atoms with E-state index >= 15 is 0 Å². The maximum absolute atomic E-state index is 11.6. The molecule has 2 heterocycles. The van der Waals surface area contributed by atoms with Gasteiger partial charge < -0.3 is 4.57 Å². The van der Waals surface area contributed by atoms with E-state index in [1.807, 2.05) is 48.5 Å². The first-order chi connectivity index (χ1) is 15.5. The minimum Gasteiger partial charge on any atom is -0.302 e. The monoisotopic (exact) mass is 467 g/mol. The third-order valence-corrected chi connectivity index (χ3v) is 7.66. The molecule has 0 fully saturated rings. The van der Waals surface area contributed by atoms with E-state index in [1.165, 1.54) is 18.8 Å². The van der Waals surface area contributed by atoms with Gasteiger partial charge in [0, 0.05) is 28.8 Å². The Labute approximate surface area is 192 Å². The molecule has 0 bridgehead atoms. The lowest BCUT2D eigenvalue weighted by Crippen LogP contribution is -2.22. The summed E-state index contributed by atoms with van der Waals surface area (Å²) in [6.45, 7) is 2.76. The van der Waals surface area contributed by atoms with Crippen molar-refractivity contribution in [1.82, 2.24) is 24.5 Å². The molecule has 2 aromatic heterocycles. The molecule has 4 rings (SSSR count). The fourth-order valence-corrected chi connectivity index (χ4v) is 5.36. The van der Waals surface area contributed by atoms with Crippen LogP contribution in [0.25, 0.3) is 33.5 Å². The first-order valence-electron chi connectivity index (χ1n) is 10.4. The fraction of sp³-hybridized carbons (Fsp3) is 0.261. The molecule has 1 N–H and O–H groups in total. The van der Waals surface area contributed by atoms with Gasteiger partial charge in [-0.1, -0.05) is 60.3 Å². The molecule has 7 nitrogen and oxygen atoms in total. The van der Waals surface area contributed by atoms with Crippen molar-refractivity contribution in [3.63, 3.8) is 0 Å². The van der Waals surface area contributed by atoms with Crippen LogP contribution in [0.3, 0.4) is 0 Å². The van der Waals surface area contributed by atoms with Crippen molar-refractivity contribution in [2.75, 3.05) is 18.6 Å². The van der Waals surface area contributed by atoms with Gasteiger partial charge in [0.15, 0.2) is 11.0 Å². The van der Waals surface area contributed by atoms with Crippen LogP contribution in [0, 0.1) is 0 Å². The number of rotatable bonds is 9. The Hall–Kier alpha value is -2.75. The largest absolute Gasteiger partial charge is 0.302 e. The van der Waals surface area contributed by atoms with Gasteiger partial charge in [0.2, 0.25) is 10.0 Å². The Balaban J connectivity index is 1.70. The maximum atomic E-state index is 11.6. The van der Waals surface area contributed by atoms with Crippen LogP contribution in [-0.2, 0) is 16.6 Å². The highest BCUT2D eigenvalue weighted by molar-refractivity contribution is 7.99. The topological polar surface area (TPSA) is 89.8 Å². The lowest BCUT2D eigenvalue weighted by atomic mass is 10.0. The molecule has 0 aliphatic carbocycles. The van der Waals surface area contributed by atoms with Crippen LogP contribution in [0.2, 0.25) is 0 Å². The fourth-order valence-electron chi connectivity index (χ4n) is 3.51. The predicted molar refractivity (Wildman–Crippen MR) is 130 cm³/mol. The number of nitrogens with one attached hydrogen (secondary N) is 1. The van der Waals surface area contributed by atoms with Gasteiger partial charge in [0.1, 0.15) is 0 Å². The van der Waals surface area contributed by atoms with Crippen molar-refractivity contribution in [3.8, 4) is 22.6 Å². The zero-order chi connectivity index (χ0) is 22.6. The van der Waals surface area contributed by atoms with E-state index in [0.29, 0.717) is 18.7 Å². The van der Waals surface area contributed by atoms with Crippen molar-refractivity contribution < 1.29 is 8.42 Å². The second-order valence-corrected chi connectivity index (χ2v) is 10.3. The zero-order valence-corrected chi connectivity index (χ0v) is 19.7. The third-order valence-electron chi connectivity index (χ3n) is 5.16. The van der Waals surface area contributed by atoms with E-state index in [4.69, 9.17) is 4.98 Å². The van der Waals surface area contributed by atoms with Crippen LogP contribution < -0.4 is 4.72 Å². The Kier molecular flexibility index (Phi) is 6.88. The number of thioether (sulfide) groups is 1. The minimum atomic E-state index is -3.20. The molecule has 0 aliphatic rings. The Morgan fingerprint density at radius 3 is 2.53 bits per heavy atom. The number of sulfonamides is 1.